The lowest BCUT2D eigenvalue weighted by atomic mass is 10.2. The average molecular weight is 283 g/mol. The summed E-state index contributed by atoms with van der Waals surface area (Å²) in [5.41, 5.74) is 1.35. The lowest BCUT2D eigenvalue weighted by molar-refractivity contribution is 0.0945. The van der Waals surface area contributed by atoms with Crippen LogP contribution in [0.5, 0.6) is 0 Å². The minimum absolute atomic E-state index is 0.233. The van der Waals surface area contributed by atoms with Crippen LogP contribution in [0.2, 0.25) is 0 Å². The molecule has 0 saturated heterocycles. The highest BCUT2D eigenvalue weighted by Gasteiger charge is 2.14. The number of nitrogens with zero attached hydrogens (tertiary/aromatic N) is 2. The number of carbonyl (C=O) groups excluding carboxylic acids is 1. The van der Waals surface area contributed by atoms with E-state index >= 15 is 0 Å². The largest absolute Gasteiger partial charge is 0.461 e. The van der Waals surface area contributed by atoms with E-state index in [1.165, 1.54) is 6.26 Å². The topological polar surface area (TPSA) is 81.2 Å². The fraction of sp³-hybridized carbons (Fsp3) is 0.133. The van der Waals surface area contributed by atoms with Gasteiger partial charge in [-0.1, -0.05) is 5.16 Å². The van der Waals surface area contributed by atoms with Crippen LogP contribution in [0.15, 0.2) is 57.9 Å². The van der Waals surface area contributed by atoms with Crippen LogP contribution < -0.4 is 5.32 Å². The van der Waals surface area contributed by atoms with Crippen LogP contribution in [0, 0.1) is 0 Å². The molecule has 3 aromatic heterocycles. The van der Waals surface area contributed by atoms with Gasteiger partial charge >= 0.3 is 0 Å². The highest BCUT2D eigenvalue weighted by atomic mass is 16.5. The molecule has 0 aliphatic heterocycles. The fourth-order valence-corrected chi connectivity index (χ4v) is 1.88. The number of furan rings is 1. The Morgan fingerprint density at radius 2 is 2.05 bits per heavy atom. The number of amides is 1. The lowest BCUT2D eigenvalue weighted by Gasteiger charge is -2.02. The predicted octanol–water partition coefficient (Wildman–Crippen LogP) is 2.30. The smallest absolute Gasteiger partial charge is 0.273 e. The standard InChI is InChI=1S/C15H13N3O3/c19-15(17-8-5-11-3-6-16-7-4-11)12-10-14(21-18-12)13-2-1-9-20-13/h1-4,6-7,9-10H,5,8H2,(H,17,19). The zero-order valence-electron chi connectivity index (χ0n) is 11.2. The maximum Gasteiger partial charge on any atom is 0.273 e. The number of rotatable bonds is 5. The van der Waals surface area contributed by atoms with Gasteiger partial charge in [0, 0.05) is 25.0 Å². The van der Waals surface area contributed by atoms with Gasteiger partial charge in [-0.25, -0.2) is 0 Å². The van der Waals surface area contributed by atoms with Gasteiger partial charge in [0.15, 0.2) is 11.5 Å². The normalized spacial score (nSPS) is 10.5. The molecule has 0 aromatic carbocycles. The van der Waals surface area contributed by atoms with Crippen molar-refractivity contribution in [3.8, 4) is 11.5 Å². The first-order valence-corrected chi connectivity index (χ1v) is 6.50. The Hall–Kier alpha value is -2.89. The second kappa shape index (κ2) is 6.04. The maximum atomic E-state index is 11.9. The van der Waals surface area contributed by atoms with E-state index in [-0.39, 0.29) is 11.6 Å². The molecule has 21 heavy (non-hydrogen) atoms. The molecule has 106 valence electrons. The minimum atomic E-state index is -0.273. The summed E-state index contributed by atoms with van der Waals surface area (Å²) in [5, 5.41) is 6.53. The predicted molar refractivity (Wildman–Crippen MR) is 74.5 cm³/mol. The van der Waals surface area contributed by atoms with E-state index in [0.717, 1.165) is 12.0 Å². The van der Waals surface area contributed by atoms with Gasteiger partial charge in [-0.3, -0.25) is 9.78 Å². The van der Waals surface area contributed by atoms with E-state index in [1.54, 1.807) is 30.6 Å². The zero-order chi connectivity index (χ0) is 14.5. The Kier molecular flexibility index (Phi) is 3.77. The first kappa shape index (κ1) is 13.1. The molecule has 3 aromatic rings. The molecule has 0 spiro atoms. The van der Waals surface area contributed by atoms with Crippen LogP contribution >= 0.6 is 0 Å². The van der Waals surface area contributed by atoms with Crippen molar-refractivity contribution in [1.29, 1.82) is 0 Å². The summed E-state index contributed by atoms with van der Waals surface area (Å²) in [6.07, 6.45) is 5.72. The highest BCUT2D eigenvalue weighted by Crippen LogP contribution is 2.20. The molecule has 6 nitrogen and oxygen atoms in total. The molecule has 0 fully saturated rings. The Balaban J connectivity index is 1.56. The van der Waals surface area contributed by atoms with Crippen LogP contribution in [-0.4, -0.2) is 22.6 Å². The summed E-state index contributed by atoms with van der Waals surface area (Å²) in [4.78, 5) is 15.9. The van der Waals surface area contributed by atoms with Crippen molar-refractivity contribution in [2.75, 3.05) is 6.54 Å². The summed E-state index contributed by atoms with van der Waals surface area (Å²) in [7, 11) is 0. The highest BCUT2D eigenvalue weighted by molar-refractivity contribution is 5.92. The number of nitrogens with one attached hydrogen (secondary N) is 1. The molecular formula is C15H13N3O3. The summed E-state index contributed by atoms with van der Waals surface area (Å²) in [5.74, 6) is 0.697. The van der Waals surface area contributed by atoms with Gasteiger partial charge in [-0.05, 0) is 36.2 Å². The molecule has 3 rings (SSSR count). The molecule has 1 amide bonds. The molecule has 0 saturated carbocycles. The summed E-state index contributed by atoms with van der Waals surface area (Å²) < 4.78 is 10.3. The van der Waals surface area contributed by atoms with Crippen molar-refractivity contribution in [1.82, 2.24) is 15.5 Å². The first-order chi connectivity index (χ1) is 10.3. The van der Waals surface area contributed by atoms with Gasteiger partial charge in [-0.15, -0.1) is 0 Å². The number of pyridine rings is 1. The van der Waals surface area contributed by atoms with Gasteiger partial charge < -0.3 is 14.3 Å². The van der Waals surface area contributed by atoms with Crippen molar-refractivity contribution >= 4 is 5.91 Å². The molecule has 0 bridgehead atoms. The molecule has 3 heterocycles. The number of carbonyl (C=O) groups is 1. The van der Waals surface area contributed by atoms with Gasteiger partial charge in [-0.2, -0.15) is 0 Å². The van der Waals surface area contributed by atoms with Gasteiger partial charge in [0.25, 0.3) is 5.91 Å². The maximum absolute atomic E-state index is 11.9. The van der Waals surface area contributed by atoms with Crippen molar-refractivity contribution in [3.63, 3.8) is 0 Å². The second-order valence-corrected chi connectivity index (χ2v) is 4.42. The van der Waals surface area contributed by atoms with E-state index in [9.17, 15) is 4.79 Å². The van der Waals surface area contributed by atoms with Crippen molar-refractivity contribution in [2.45, 2.75) is 6.42 Å². The van der Waals surface area contributed by atoms with E-state index < -0.39 is 0 Å². The van der Waals surface area contributed by atoms with Crippen LogP contribution in [0.3, 0.4) is 0 Å². The van der Waals surface area contributed by atoms with E-state index in [2.05, 4.69) is 15.5 Å². The Bertz CT molecular complexity index is 705. The Morgan fingerprint density at radius 1 is 1.19 bits per heavy atom. The SMILES string of the molecule is O=C(NCCc1ccncc1)c1cc(-c2ccco2)on1. The summed E-state index contributed by atoms with van der Waals surface area (Å²) >= 11 is 0. The molecule has 0 aliphatic carbocycles. The molecule has 0 aliphatic rings. The molecule has 6 heteroatoms. The molecule has 0 radical (unpaired) electrons. The van der Waals surface area contributed by atoms with E-state index in [1.807, 2.05) is 12.1 Å². The van der Waals surface area contributed by atoms with Gasteiger partial charge in [0.1, 0.15) is 0 Å². The van der Waals surface area contributed by atoms with Crippen molar-refractivity contribution in [3.05, 3.63) is 60.2 Å². The van der Waals surface area contributed by atoms with Gasteiger partial charge in [0.2, 0.25) is 5.76 Å². The lowest BCUT2D eigenvalue weighted by Crippen LogP contribution is -2.25. The van der Waals surface area contributed by atoms with Crippen molar-refractivity contribution in [2.24, 2.45) is 0 Å². The quantitative estimate of drug-likeness (QED) is 0.777. The summed E-state index contributed by atoms with van der Waals surface area (Å²) in [6, 6.07) is 8.87. The van der Waals surface area contributed by atoms with Crippen molar-refractivity contribution < 1.29 is 13.7 Å². The zero-order valence-corrected chi connectivity index (χ0v) is 11.2. The third kappa shape index (κ3) is 3.17. The minimum Gasteiger partial charge on any atom is -0.461 e. The number of hydrogen-bond donors (Lipinski definition) is 1. The first-order valence-electron chi connectivity index (χ1n) is 6.50. The van der Waals surface area contributed by atoms with E-state index in [4.69, 9.17) is 8.94 Å². The Labute approximate surface area is 120 Å². The van der Waals surface area contributed by atoms with Crippen LogP contribution in [-0.2, 0) is 6.42 Å². The van der Waals surface area contributed by atoms with Crippen LogP contribution in [0.1, 0.15) is 16.1 Å². The van der Waals surface area contributed by atoms with E-state index in [0.29, 0.717) is 18.1 Å². The monoisotopic (exact) mass is 283 g/mol. The molecule has 0 atom stereocenters. The number of hydrogen-bond acceptors (Lipinski definition) is 5. The molecule has 0 unspecified atom stereocenters. The van der Waals surface area contributed by atoms with Crippen LogP contribution in [0.4, 0.5) is 0 Å². The molecule has 1 N–H and O–H groups in total. The summed E-state index contributed by atoms with van der Waals surface area (Å²) in [6.45, 7) is 0.520. The number of aromatic nitrogens is 2. The van der Waals surface area contributed by atoms with Gasteiger partial charge in [0.05, 0.1) is 6.26 Å². The second-order valence-electron chi connectivity index (χ2n) is 4.42. The third-order valence-corrected chi connectivity index (χ3v) is 2.96. The Morgan fingerprint density at radius 3 is 2.81 bits per heavy atom. The average Bonchev–Trinajstić information content (AvgIpc) is 3.19. The fourth-order valence-electron chi connectivity index (χ4n) is 1.88. The molecular weight excluding hydrogens is 270 g/mol. The third-order valence-electron chi connectivity index (χ3n) is 2.96. The van der Waals surface area contributed by atoms with Crippen LogP contribution in [0.25, 0.3) is 11.5 Å².